The Morgan fingerprint density at radius 3 is 2.24 bits per heavy atom. The number of hydrogen-bond donors (Lipinski definition) is 1. The van der Waals surface area contributed by atoms with Crippen molar-refractivity contribution in [3.63, 3.8) is 0 Å². The van der Waals surface area contributed by atoms with Gasteiger partial charge in [-0.05, 0) is 66.9 Å². The summed E-state index contributed by atoms with van der Waals surface area (Å²) in [6, 6.07) is 19.8. The van der Waals surface area contributed by atoms with Crippen molar-refractivity contribution in [3.05, 3.63) is 95.5 Å². The molecule has 1 aromatic heterocycles. The topological polar surface area (TPSA) is 68.5 Å². The number of rotatable bonds is 7. The van der Waals surface area contributed by atoms with E-state index in [1.54, 1.807) is 31.2 Å². The van der Waals surface area contributed by atoms with Crippen LogP contribution in [0.25, 0.3) is 11.0 Å². The molecule has 5 nitrogen and oxygen atoms in total. The van der Waals surface area contributed by atoms with E-state index in [4.69, 9.17) is 9.15 Å². The van der Waals surface area contributed by atoms with Gasteiger partial charge < -0.3 is 14.5 Å². The Kier molecular flexibility index (Phi) is 6.27. The number of ketones is 1. The number of halogens is 1. The van der Waals surface area contributed by atoms with E-state index in [-0.39, 0.29) is 17.0 Å². The number of nitrogens with one attached hydrogen (secondary N) is 1. The van der Waals surface area contributed by atoms with Crippen molar-refractivity contribution in [2.24, 2.45) is 0 Å². The van der Waals surface area contributed by atoms with Crippen molar-refractivity contribution >= 4 is 28.3 Å². The first-order valence-corrected chi connectivity index (χ1v) is 10.7. The van der Waals surface area contributed by atoms with E-state index in [0.29, 0.717) is 22.6 Å². The fraction of sp³-hybridized carbons (Fsp3) is 0.185. The Hall–Kier alpha value is -3.93. The van der Waals surface area contributed by atoms with Crippen LogP contribution in [0.3, 0.4) is 0 Å². The van der Waals surface area contributed by atoms with E-state index in [2.05, 4.69) is 19.2 Å². The second-order valence-corrected chi connectivity index (χ2v) is 8.11. The van der Waals surface area contributed by atoms with Crippen molar-refractivity contribution < 1.29 is 23.1 Å². The molecular weight excluding hydrogens is 421 g/mol. The van der Waals surface area contributed by atoms with E-state index in [9.17, 15) is 14.0 Å². The van der Waals surface area contributed by atoms with Gasteiger partial charge in [0, 0.05) is 10.9 Å². The number of carbonyl (C=O) groups is 2. The summed E-state index contributed by atoms with van der Waals surface area (Å²) in [4.78, 5) is 26.0. The van der Waals surface area contributed by atoms with Crippen LogP contribution >= 0.6 is 0 Å². The highest BCUT2D eigenvalue weighted by atomic mass is 19.1. The molecular formula is C27H24FNO4. The van der Waals surface area contributed by atoms with Gasteiger partial charge in [0.1, 0.15) is 17.1 Å². The lowest BCUT2D eigenvalue weighted by molar-refractivity contribution is -0.122. The lowest BCUT2D eigenvalue weighted by Gasteiger charge is -2.15. The Morgan fingerprint density at radius 2 is 1.58 bits per heavy atom. The highest BCUT2D eigenvalue weighted by molar-refractivity contribution is 6.17. The summed E-state index contributed by atoms with van der Waals surface area (Å²) in [5, 5.41) is 3.38. The third-order valence-electron chi connectivity index (χ3n) is 5.39. The van der Waals surface area contributed by atoms with Gasteiger partial charge in [0.2, 0.25) is 5.78 Å². The molecule has 0 saturated carbocycles. The minimum Gasteiger partial charge on any atom is -0.481 e. The van der Waals surface area contributed by atoms with Gasteiger partial charge in [-0.2, -0.15) is 0 Å². The standard InChI is InChI=1S/C27H24FNO4/c1-16(2)18-10-14-21(15-11-18)32-17(3)27(31)29-24-22-6-4-5-7-23(22)33-26(24)25(30)19-8-12-20(28)13-9-19/h4-17H,1-3H3,(H,29,31). The summed E-state index contributed by atoms with van der Waals surface area (Å²) >= 11 is 0. The molecule has 6 heteroatoms. The van der Waals surface area contributed by atoms with E-state index in [1.165, 1.54) is 29.8 Å². The summed E-state index contributed by atoms with van der Waals surface area (Å²) in [5.74, 6) is -0.392. The average molecular weight is 445 g/mol. The van der Waals surface area contributed by atoms with E-state index < -0.39 is 23.6 Å². The summed E-state index contributed by atoms with van der Waals surface area (Å²) < 4.78 is 24.9. The zero-order valence-corrected chi connectivity index (χ0v) is 18.6. The number of benzene rings is 3. The second kappa shape index (κ2) is 9.28. The lowest BCUT2D eigenvalue weighted by atomic mass is 10.0. The minimum absolute atomic E-state index is 0.0235. The summed E-state index contributed by atoms with van der Waals surface area (Å²) in [5.41, 5.74) is 2.14. The van der Waals surface area contributed by atoms with Crippen LogP contribution in [-0.2, 0) is 4.79 Å². The molecule has 0 spiro atoms. The average Bonchev–Trinajstić information content (AvgIpc) is 3.17. The SMILES string of the molecule is CC(Oc1ccc(C(C)C)cc1)C(=O)Nc1c(C(=O)c2ccc(F)cc2)oc2ccccc12. The number of para-hydroxylation sites is 1. The number of anilines is 1. The molecule has 4 rings (SSSR count). The number of hydrogen-bond acceptors (Lipinski definition) is 4. The minimum atomic E-state index is -0.822. The molecule has 0 bridgehead atoms. The molecule has 4 aromatic rings. The molecule has 0 aliphatic rings. The van der Waals surface area contributed by atoms with Gasteiger partial charge in [-0.3, -0.25) is 9.59 Å². The van der Waals surface area contributed by atoms with E-state index >= 15 is 0 Å². The molecule has 0 radical (unpaired) electrons. The monoisotopic (exact) mass is 445 g/mol. The van der Waals surface area contributed by atoms with Crippen LogP contribution in [0, 0.1) is 5.82 Å². The highest BCUT2D eigenvalue weighted by Crippen LogP contribution is 2.33. The van der Waals surface area contributed by atoms with Gasteiger partial charge in [0.05, 0.1) is 5.69 Å². The first kappa shape index (κ1) is 22.3. The van der Waals surface area contributed by atoms with Crippen molar-refractivity contribution in [3.8, 4) is 5.75 Å². The molecule has 1 atom stereocenters. The van der Waals surface area contributed by atoms with Gasteiger partial charge in [-0.25, -0.2) is 4.39 Å². The molecule has 33 heavy (non-hydrogen) atoms. The predicted octanol–water partition coefficient (Wildman–Crippen LogP) is 6.33. The smallest absolute Gasteiger partial charge is 0.265 e. The third-order valence-corrected chi connectivity index (χ3v) is 5.39. The number of ether oxygens (including phenoxy) is 1. The maximum absolute atomic E-state index is 13.3. The van der Waals surface area contributed by atoms with Gasteiger partial charge in [-0.15, -0.1) is 0 Å². The Balaban J connectivity index is 1.59. The van der Waals surface area contributed by atoms with Crippen LogP contribution in [-0.4, -0.2) is 17.8 Å². The van der Waals surface area contributed by atoms with Crippen LogP contribution in [0.2, 0.25) is 0 Å². The molecule has 1 N–H and O–H groups in total. The summed E-state index contributed by atoms with van der Waals surface area (Å²) in [7, 11) is 0. The maximum atomic E-state index is 13.3. The van der Waals surface area contributed by atoms with Crippen molar-refractivity contribution in [1.82, 2.24) is 0 Å². The Morgan fingerprint density at radius 1 is 0.909 bits per heavy atom. The predicted molar refractivity (Wildman–Crippen MR) is 125 cm³/mol. The fourth-order valence-electron chi connectivity index (χ4n) is 3.48. The number of carbonyl (C=O) groups excluding carboxylic acids is 2. The molecule has 0 saturated heterocycles. The number of amides is 1. The highest BCUT2D eigenvalue weighted by Gasteiger charge is 2.25. The zero-order chi connectivity index (χ0) is 23.5. The quantitative estimate of drug-likeness (QED) is 0.337. The van der Waals surface area contributed by atoms with Crippen LogP contribution < -0.4 is 10.1 Å². The fourth-order valence-corrected chi connectivity index (χ4v) is 3.48. The third kappa shape index (κ3) is 4.80. The van der Waals surface area contributed by atoms with Crippen molar-refractivity contribution in [1.29, 1.82) is 0 Å². The number of fused-ring (bicyclic) bond motifs is 1. The Bertz CT molecular complexity index is 1290. The summed E-state index contributed by atoms with van der Waals surface area (Å²) in [6.45, 7) is 5.84. The molecule has 0 fully saturated rings. The van der Waals surface area contributed by atoms with Crippen molar-refractivity contribution in [2.45, 2.75) is 32.8 Å². The molecule has 1 amide bonds. The lowest BCUT2D eigenvalue weighted by Crippen LogP contribution is -2.30. The van der Waals surface area contributed by atoms with Gasteiger partial charge in [-0.1, -0.05) is 38.1 Å². The van der Waals surface area contributed by atoms with Crippen LogP contribution in [0.5, 0.6) is 5.75 Å². The van der Waals surface area contributed by atoms with Gasteiger partial charge in [0.15, 0.2) is 11.9 Å². The largest absolute Gasteiger partial charge is 0.481 e. The molecule has 0 aliphatic heterocycles. The first-order valence-electron chi connectivity index (χ1n) is 10.7. The van der Waals surface area contributed by atoms with Crippen LogP contribution in [0.1, 0.15) is 48.4 Å². The molecule has 1 unspecified atom stereocenters. The van der Waals surface area contributed by atoms with Crippen LogP contribution in [0.15, 0.2) is 77.2 Å². The molecule has 3 aromatic carbocycles. The number of furan rings is 1. The van der Waals surface area contributed by atoms with Gasteiger partial charge in [0.25, 0.3) is 5.91 Å². The maximum Gasteiger partial charge on any atom is 0.265 e. The molecule has 0 aliphatic carbocycles. The Labute approximate surface area is 191 Å². The normalized spacial score (nSPS) is 12.0. The second-order valence-electron chi connectivity index (χ2n) is 8.11. The van der Waals surface area contributed by atoms with E-state index in [0.717, 1.165) is 0 Å². The van der Waals surface area contributed by atoms with Crippen LogP contribution in [0.4, 0.5) is 10.1 Å². The molecule has 168 valence electrons. The van der Waals surface area contributed by atoms with Gasteiger partial charge >= 0.3 is 0 Å². The first-order chi connectivity index (χ1) is 15.8. The summed E-state index contributed by atoms with van der Waals surface area (Å²) in [6.07, 6.45) is -0.822. The zero-order valence-electron chi connectivity index (χ0n) is 18.6. The molecule has 1 heterocycles. The van der Waals surface area contributed by atoms with Crippen molar-refractivity contribution in [2.75, 3.05) is 5.32 Å². The van der Waals surface area contributed by atoms with E-state index in [1.807, 2.05) is 24.3 Å².